The summed E-state index contributed by atoms with van der Waals surface area (Å²) in [7, 11) is 3.49. The Kier molecular flexibility index (Phi) is 5.88. The lowest BCUT2D eigenvalue weighted by Gasteiger charge is -2.25. The Hall–Kier alpha value is -0.900. The molecule has 23 heavy (non-hydrogen) atoms. The molecule has 1 aromatic heterocycles. The van der Waals surface area contributed by atoms with Crippen LogP contribution in [0.25, 0.3) is 0 Å². The molecule has 2 N–H and O–H groups in total. The lowest BCUT2D eigenvalue weighted by Crippen LogP contribution is -2.48. The van der Waals surface area contributed by atoms with Gasteiger partial charge in [0.15, 0.2) is 11.8 Å². The fraction of sp³-hybridized carbons (Fsp3) is 0.800. The molecule has 3 rings (SSSR count). The Balaban J connectivity index is 0.00000192. The highest BCUT2D eigenvalue weighted by molar-refractivity contribution is 14.0. The molecular formula is C15H27IN6O. The molecule has 0 amide bonds. The number of fused-ring (bicyclic) bond motifs is 1. The van der Waals surface area contributed by atoms with Gasteiger partial charge >= 0.3 is 0 Å². The van der Waals surface area contributed by atoms with Gasteiger partial charge in [-0.3, -0.25) is 4.99 Å². The zero-order valence-electron chi connectivity index (χ0n) is 14.3. The molecule has 0 saturated heterocycles. The van der Waals surface area contributed by atoms with E-state index in [1.807, 2.05) is 11.7 Å². The molecule has 2 atom stereocenters. The molecule has 7 nitrogen and oxygen atoms in total. The average molecular weight is 434 g/mol. The molecule has 2 unspecified atom stereocenters. The number of guanidine groups is 1. The fourth-order valence-electron chi connectivity index (χ4n) is 2.91. The second kappa shape index (κ2) is 7.33. The SMILES string of the molecule is CN=C(NC1CCc2nc(COC)nn2C1)NC1CC1(C)C.I. The molecule has 130 valence electrons. The lowest BCUT2D eigenvalue weighted by molar-refractivity contribution is 0.177. The van der Waals surface area contributed by atoms with Crippen LogP contribution in [-0.4, -0.2) is 47.0 Å². The van der Waals surface area contributed by atoms with E-state index in [0.29, 0.717) is 24.1 Å². The Morgan fingerprint density at radius 2 is 2.17 bits per heavy atom. The van der Waals surface area contributed by atoms with Crippen molar-refractivity contribution in [1.29, 1.82) is 0 Å². The fourth-order valence-corrected chi connectivity index (χ4v) is 2.91. The summed E-state index contributed by atoms with van der Waals surface area (Å²) in [4.78, 5) is 8.85. The Morgan fingerprint density at radius 1 is 1.43 bits per heavy atom. The first-order chi connectivity index (χ1) is 10.5. The molecule has 2 heterocycles. The van der Waals surface area contributed by atoms with Crippen LogP contribution in [0.5, 0.6) is 0 Å². The van der Waals surface area contributed by atoms with Crippen molar-refractivity contribution in [2.24, 2.45) is 10.4 Å². The lowest BCUT2D eigenvalue weighted by atomic mass is 10.1. The van der Waals surface area contributed by atoms with Crippen LogP contribution < -0.4 is 10.6 Å². The average Bonchev–Trinajstić information content (AvgIpc) is 2.90. The Bertz CT molecular complexity index is 570. The summed E-state index contributed by atoms with van der Waals surface area (Å²) in [5.74, 6) is 2.71. The van der Waals surface area contributed by atoms with Crippen molar-refractivity contribution < 1.29 is 4.74 Å². The maximum Gasteiger partial charge on any atom is 0.191 e. The number of halogens is 1. The van der Waals surface area contributed by atoms with Crippen molar-refractivity contribution in [3.8, 4) is 0 Å². The summed E-state index contributed by atoms with van der Waals surface area (Å²) >= 11 is 0. The predicted octanol–water partition coefficient (Wildman–Crippen LogP) is 1.32. The van der Waals surface area contributed by atoms with E-state index in [1.165, 1.54) is 6.42 Å². The van der Waals surface area contributed by atoms with Crippen molar-refractivity contribution in [1.82, 2.24) is 25.4 Å². The first-order valence-corrected chi connectivity index (χ1v) is 7.93. The largest absolute Gasteiger partial charge is 0.377 e. The second-order valence-electron chi connectivity index (χ2n) is 6.90. The molecule has 1 aromatic rings. The van der Waals surface area contributed by atoms with Crippen molar-refractivity contribution in [2.75, 3.05) is 14.2 Å². The van der Waals surface area contributed by atoms with Crippen LogP contribution in [0.4, 0.5) is 0 Å². The number of ether oxygens (including phenoxy) is 1. The summed E-state index contributed by atoms with van der Waals surface area (Å²) in [6, 6.07) is 0.857. The monoisotopic (exact) mass is 434 g/mol. The van der Waals surface area contributed by atoms with E-state index >= 15 is 0 Å². The van der Waals surface area contributed by atoms with Gasteiger partial charge in [-0.25, -0.2) is 9.67 Å². The molecule has 8 heteroatoms. The van der Waals surface area contributed by atoms with Crippen LogP contribution in [0.15, 0.2) is 4.99 Å². The van der Waals surface area contributed by atoms with Gasteiger partial charge in [0.05, 0.1) is 6.54 Å². The van der Waals surface area contributed by atoms with Crippen LogP contribution in [-0.2, 0) is 24.3 Å². The van der Waals surface area contributed by atoms with E-state index < -0.39 is 0 Å². The molecule has 0 aromatic carbocycles. The molecule has 2 aliphatic rings. The van der Waals surface area contributed by atoms with Gasteiger partial charge in [-0.05, 0) is 18.3 Å². The van der Waals surface area contributed by atoms with Crippen LogP contribution in [0.1, 0.15) is 38.3 Å². The molecular weight excluding hydrogens is 407 g/mol. The van der Waals surface area contributed by atoms with Crippen LogP contribution in [0, 0.1) is 5.41 Å². The maximum atomic E-state index is 5.10. The Labute approximate surface area is 154 Å². The molecule has 0 spiro atoms. The Morgan fingerprint density at radius 3 is 2.78 bits per heavy atom. The molecule has 1 saturated carbocycles. The minimum Gasteiger partial charge on any atom is -0.377 e. The number of rotatable bonds is 4. The van der Waals surface area contributed by atoms with Crippen molar-refractivity contribution >= 4 is 29.9 Å². The van der Waals surface area contributed by atoms with E-state index in [2.05, 4.69) is 39.6 Å². The summed E-state index contributed by atoms with van der Waals surface area (Å²) in [5, 5.41) is 11.5. The third-order valence-corrected chi connectivity index (χ3v) is 4.56. The van der Waals surface area contributed by atoms with E-state index in [4.69, 9.17) is 4.74 Å². The quantitative estimate of drug-likeness (QED) is 0.425. The highest BCUT2D eigenvalue weighted by atomic mass is 127. The van der Waals surface area contributed by atoms with Crippen molar-refractivity contribution in [3.63, 3.8) is 0 Å². The van der Waals surface area contributed by atoms with Gasteiger partial charge in [0, 0.05) is 32.7 Å². The van der Waals surface area contributed by atoms with E-state index in [1.54, 1.807) is 7.11 Å². The second-order valence-corrected chi connectivity index (χ2v) is 6.90. The normalized spacial score (nSPS) is 25.3. The molecule has 0 bridgehead atoms. The van der Waals surface area contributed by atoms with Crippen LogP contribution in [0.2, 0.25) is 0 Å². The van der Waals surface area contributed by atoms with Crippen LogP contribution in [0.3, 0.4) is 0 Å². The number of hydrogen-bond acceptors (Lipinski definition) is 4. The predicted molar refractivity (Wildman–Crippen MR) is 100 cm³/mol. The summed E-state index contributed by atoms with van der Waals surface area (Å²) in [6.45, 7) is 5.84. The van der Waals surface area contributed by atoms with E-state index in [0.717, 1.165) is 37.0 Å². The number of aromatic nitrogens is 3. The minimum absolute atomic E-state index is 0. The number of aryl methyl sites for hydroxylation is 1. The van der Waals surface area contributed by atoms with Crippen molar-refractivity contribution in [2.45, 2.75) is 58.3 Å². The minimum atomic E-state index is 0. The first kappa shape index (κ1) is 18.4. The zero-order valence-corrected chi connectivity index (χ0v) is 16.6. The summed E-state index contributed by atoms with van der Waals surface area (Å²) < 4.78 is 7.09. The number of nitrogens with one attached hydrogen (secondary N) is 2. The summed E-state index contributed by atoms with van der Waals surface area (Å²) in [6.07, 6.45) is 3.17. The zero-order chi connectivity index (χ0) is 15.7. The molecule has 0 radical (unpaired) electrons. The van der Waals surface area contributed by atoms with Gasteiger partial charge in [-0.1, -0.05) is 13.8 Å². The smallest absolute Gasteiger partial charge is 0.191 e. The number of nitrogens with zero attached hydrogens (tertiary/aromatic N) is 4. The highest BCUT2D eigenvalue weighted by Gasteiger charge is 2.46. The standard InChI is InChI=1S/C15H26N6O.HI/c1-15(2)7-11(15)18-14(16-3)17-10-5-6-13-19-12(9-22-4)20-21(13)8-10;/h10-11H,5-9H2,1-4H3,(H2,16,17,18);1H. The summed E-state index contributed by atoms with van der Waals surface area (Å²) in [5.41, 5.74) is 0.387. The third-order valence-electron chi connectivity index (χ3n) is 4.56. The molecule has 1 fully saturated rings. The van der Waals surface area contributed by atoms with Gasteiger partial charge in [-0.2, -0.15) is 5.10 Å². The highest BCUT2D eigenvalue weighted by Crippen LogP contribution is 2.44. The van der Waals surface area contributed by atoms with Gasteiger partial charge in [0.2, 0.25) is 0 Å². The van der Waals surface area contributed by atoms with Crippen molar-refractivity contribution in [3.05, 3.63) is 11.6 Å². The topological polar surface area (TPSA) is 76.4 Å². The number of aliphatic imine (C=N–C) groups is 1. The third kappa shape index (κ3) is 4.34. The number of hydrogen-bond donors (Lipinski definition) is 2. The first-order valence-electron chi connectivity index (χ1n) is 7.93. The molecule has 1 aliphatic heterocycles. The number of methoxy groups -OCH3 is 1. The maximum absolute atomic E-state index is 5.10. The molecule has 1 aliphatic carbocycles. The van der Waals surface area contributed by atoms with E-state index in [9.17, 15) is 0 Å². The van der Waals surface area contributed by atoms with Gasteiger partial charge in [0.1, 0.15) is 12.4 Å². The van der Waals surface area contributed by atoms with Gasteiger partial charge in [0.25, 0.3) is 0 Å². The van der Waals surface area contributed by atoms with Gasteiger partial charge < -0.3 is 15.4 Å². The van der Waals surface area contributed by atoms with Gasteiger partial charge in [-0.15, -0.1) is 24.0 Å². The van der Waals surface area contributed by atoms with Crippen LogP contribution >= 0.6 is 24.0 Å². The van der Waals surface area contributed by atoms with E-state index in [-0.39, 0.29) is 24.0 Å².